The van der Waals surface area contributed by atoms with Crippen LogP contribution >= 0.6 is 0 Å². The Morgan fingerprint density at radius 1 is 1.05 bits per heavy atom. The number of rotatable bonds is 7. The van der Waals surface area contributed by atoms with Crippen molar-refractivity contribution in [2.45, 2.75) is 51.8 Å². The molecule has 8 nitrogen and oxygen atoms in total. The van der Waals surface area contributed by atoms with Crippen molar-refractivity contribution in [1.82, 2.24) is 5.32 Å². The van der Waals surface area contributed by atoms with E-state index in [4.69, 9.17) is 18.9 Å². The molecule has 0 bridgehead atoms. The van der Waals surface area contributed by atoms with E-state index in [2.05, 4.69) is 54.8 Å². The Kier molecular flexibility index (Phi) is 6.54. The van der Waals surface area contributed by atoms with Crippen LogP contribution in [0, 0.1) is 13.8 Å². The van der Waals surface area contributed by atoms with Gasteiger partial charge in [0.1, 0.15) is 37.1 Å². The lowest BCUT2D eigenvalue weighted by molar-refractivity contribution is -0.147. The van der Waals surface area contributed by atoms with Crippen LogP contribution in [0.1, 0.15) is 54.2 Å². The summed E-state index contributed by atoms with van der Waals surface area (Å²) in [5.41, 5.74) is 7.30. The molecular weight excluding hydrogens is 496 g/mol. The van der Waals surface area contributed by atoms with E-state index in [1.807, 2.05) is 18.2 Å². The summed E-state index contributed by atoms with van der Waals surface area (Å²) >= 11 is 0. The highest BCUT2D eigenvalue weighted by Gasteiger charge is 2.30. The fourth-order valence-corrected chi connectivity index (χ4v) is 5.76. The standard InChI is InChI=1S/C31H32N2O6/c1-17-11-22(36-14-21-8-10-29(35)33-21)12-18(2)30(17)25-6-4-5-23-26(15-38-31(23)25)32-20-7-9-24-27(13-20)37-16-28(24)39-19(3)34/h4-7,9,11-13,21,26,28,32H,8,10,14-16H2,1-3H3,(H,33,35)/t21-,26+,28+/m0/s1. The summed E-state index contributed by atoms with van der Waals surface area (Å²) in [4.78, 5) is 22.9. The molecule has 1 amide bonds. The summed E-state index contributed by atoms with van der Waals surface area (Å²) in [6.07, 6.45) is 1.01. The molecule has 6 rings (SSSR count). The van der Waals surface area contributed by atoms with Crippen LogP contribution in [0.15, 0.2) is 48.5 Å². The first-order chi connectivity index (χ1) is 18.9. The van der Waals surface area contributed by atoms with Gasteiger partial charge in [0.05, 0.1) is 12.1 Å². The Hall–Kier alpha value is -4.20. The maximum atomic E-state index is 11.5. The molecular formula is C31H32N2O6. The van der Waals surface area contributed by atoms with Gasteiger partial charge >= 0.3 is 5.97 Å². The zero-order valence-corrected chi connectivity index (χ0v) is 22.3. The van der Waals surface area contributed by atoms with Crippen LogP contribution in [0.4, 0.5) is 5.69 Å². The number of hydrogen-bond donors (Lipinski definition) is 2. The molecule has 8 heteroatoms. The Bertz CT molecular complexity index is 1430. The summed E-state index contributed by atoms with van der Waals surface area (Å²) < 4.78 is 23.4. The summed E-state index contributed by atoms with van der Waals surface area (Å²) in [5, 5.41) is 6.53. The number of amides is 1. The van der Waals surface area contributed by atoms with E-state index in [-0.39, 0.29) is 30.1 Å². The predicted molar refractivity (Wildman–Crippen MR) is 146 cm³/mol. The van der Waals surface area contributed by atoms with E-state index in [1.54, 1.807) is 0 Å². The molecule has 0 aromatic heterocycles. The fourth-order valence-electron chi connectivity index (χ4n) is 5.76. The van der Waals surface area contributed by atoms with Gasteiger partial charge in [-0.1, -0.05) is 18.2 Å². The molecule has 3 aliphatic rings. The van der Waals surface area contributed by atoms with Gasteiger partial charge < -0.3 is 29.6 Å². The molecule has 2 N–H and O–H groups in total. The SMILES string of the molecule is CC(=O)O[C@@H]1COc2cc(N[C@@H]3COc4c(-c5c(C)cc(OC[C@@H]6CCC(=O)N6)cc5C)cccc43)ccc21. The van der Waals surface area contributed by atoms with E-state index >= 15 is 0 Å². The zero-order chi connectivity index (χ0) is 27.1. The van der Waals surface area contributed by atoms with Crippen molar-refractivity contribution in [1.29, 1.82) is 0 Å². The van der Waals surface area contributed by atoms with Crippen molar-refractivity contribution in [2.75, 3.05) is 25.1 Å². The lowest BCUT2D eigenvalue weighted by Crippen LogP contribution is -2.30. The van der Waals surface area contributed by atoms with Gasteiger partial charge in [0, 0.05) is 41.8 Å². The largest absolute Gasteiger partial charge is 0.491 e. The molecule has 0 aliphatic carbocycles. The van der Waals surface area contributed by atoms with Crippen LogP contribution in [-0.2, 0) is 14.3 Å². The number of carbonyl (C=O) groups is 2. The van der Waals surface area contributed by atoms with E-state index in [1.165, 1.54) is 6.92 Å². The van der Waals surface area contributed by atoms with Crippen molar-refractivity contribution in [3.8, 4) is 28.4 Å². The fraction of sp³-hybridized carbons (Fsp3) is 0.355. The number of benzene rings is 3. The normalized spacial score (nSPS) is 20.9. The lowest BCUT2D eigenvalue weighted by atomic mass is 9.92. The molecule has 0 saturated carbocycles. The highest BCUT2D eigenvalue weighted by Crippen LogP contribution is 2.45. The molecule has 202 valence electrons. The number of fused-ring (bicyclic) bond motifs is 2. The van der Waals surface area contributed by atoms with Crippen LogP contribution in [0.5, 0.6) is 17.2 Å². The number of nitrogens with one attached hydrogen (secondary N) is 2. The first-order valence-corrected chi connectivity index (χ1v) is 13.4. The Balaban J connectivity index is 1.20. The quantitative estimate of drug-likeness (QED) is 0.409. The van der Waals surface area contributed by atoms with Crippen LogP contribution in [0.3, 0.4) is 0 Å². The van der Waals surface area contributed by atoms with E-state index < -0.39 is 0 Å². The first kappa shape index (κ1) is 25.1. The summed E-state index contributed by atoms with van der Waals surface area (Å²) in [5.74, 6) is 2.19. The number of ether oxygens (including phenoxy) is 4. The van der Waals surface area contributed by atoms with Gasteiger partial charge in [-0.3, -0.25) is 9.59 Å². The molecule has 0 radical (unpaired) electrons. The molecule has 3 atom stereocenters. The molecule has 1 saturated heterocycles. The third-order valence-corrected chi connectivity index (χ3v) is 7.53. The van der Waals surface area contributed by atoms with Crippen molar-refractivity contribution in [2.24, 2.45) is 0 Å². The number of carbonyl (C=O) groups excluding carboxylic acids is 2. The minimum atomic E-state index is -0.364. The van der Waals surface area contributed by atoms with Crippen molar-refractivity contribution in [3.63, 3.8) is 0 Å². The molecule has 0 spiro atoms. The van der Waals surface area contributed by atoms with Crippen LogP contribution in [-0.4, -0.2) is 37.7 Å². The van der Waals surface area contributed by atoms with Crippen LogP contribution in [0.25, 0.3) is 11.1 Å². The van der Waals surface area contributed by atoms with Crippen molar-refractivity contribution in [3.05, 3.63) is 70.8 Å². The minimum Gasteiger partial charge on any atom is -0.491 e. The number of hydrogen-bond acceptors (Lipinski definition) is 7. The monoisotopic (exact) mass is 528 g/mol. The molecule has 3 heterocycles. The predicted octanol–water partition coefficient (Wildman–Crippen LogP) is 5.17. The van der Waals surface area contributed by atoms with Gasteiger partial charge in [0.2, 0.25) is 5.91 Å². The number of aryl methyl sites for hydroxylation is 2. The third kappa shape index (κ3) is 4.99. The summed E-state index contributed by atoms with van der Waals surface area (Å²) in [6, 6.07) is 16.3. The second-order valence-corrected chi connectivity index (χ2v) is 10.4. The second-order valence-electron chi connectivity index (χ2n) is 10.4. The van der Waals surface area contributed by atoms with Crippen LogP contribution < -0.4 is 24.8 Å². The lowest BCUT2D eigenvalue weighted by Gasteiger charge is -2.18. The highest BCUT2D eigenvalue weighted by molar-refractivity contribution is 5.80. The van der Waals surface area contributed by atoms with Crippen molar-refractivity contribution < 1.29 is 28.5 Å². The van der Waals surface area contributed by atoms with Gasteiger partial charge in [-0.05, 0) is 61.2 Å². The number of esters is 1. The smallest absolute Gasteiger partial charge is 0.303 e. The van der Waals surface area contributed by atoms with Crippen molar-refractivity contribution >= 4 is 17.6 Å². The number of para-hydroxylation sites is 1. The summed E-state index contributed by atoms with van der Waals surface area (Å²) in [6.45, 7) is 6.89. The molecule has 1 fully saturated rings. The van der Waals surface area contributed by atoms with E-state index in [9.17, 15) is 9.59 Å². The maximum absolute atomic E-state index is 11.5. The Morgan fingerprint density at radius 3 is 2.62 bits per heavy atom. The Morgan fingerprint density at radius 2 is 1.87 bits per heavy atom. The molecule has 0 unspecified atom stereocenters. The third-order valence-electron chi connectivity index (χ3n) is 7.53. The van der Waals surface area contributed by atoms with Gasteiger partial charge in [-0.15, -0.1) is 0 Å². The van der Waals surface area contributed by atoms with Gasteiger partial charge in [-0.2, -0.15) is 0 Å². The maximum Gasteiger partial charge on any atom is 0.303 e. The first-order valence-electron chi connectivity index (χ1n) is 13.4. The van der Waals surface area contributed by atoms with Crippen LogP contribution in [0.2, 0.25) is 0 Å². The average molecular weight is 529 g/mol. The topological polar surface area (TPSA) is 95.1 Å². The summed E-state index contributed by atoms with van der Waals surface area (Å²) in [7, 11) is 0. The second kappa shape index (κ2) is 10.2. The van der Waals surface area contributed by atoms with Gasteiger partial charge in [0.25, 0.3) is 0 Å². The van der Waals surface area contributed by atoms with Gasteiger partial charge in [-0.25, -0.2) is 0 Å². The molecule has 3 aliphatic heterocycles. The Labute approximate surface area is 227 Å². The van der Waals surface area contributed by atoms with E-state index in [0.29, 0.717) is 26.2 Å². The van der Waals surface area contributed by atoms with Gasteiger partial charge in [0.15, 0.2) is 6.10 Å². The zero-order valence-electron chi connectivity index (χ0n) is 22.3. The number of anilines is 1. The average Bonchev–Trinajstić information content (AvgIpc) is 3.61. The minimum absolute atomic E-state index is 0.0199. The molecule has 3 aromatic rings. The van der Waals surface area contributed by atoms with E-state index in [0.717, 1.165) is 62.7 Å². The highest BCUT2D eigenvalue weighted by atomic mass is 16.6. The molecule has 3 aromatic carbocycles. The molecule has 39 heavy (non-hydrogen) atoms.